The Morgan fingerprint density at radius 1 is 1.08 bits per heavy atom. The first kappa shape index (κ1) is 16.6. The van der Waals surface area contributed by atoms with E-state index in [1.165, 1.54) is 23.1 Å². The number of carbonyl (C=O) groups excluding carboxylic acids is 1. The number of amides is 1. The second kappa shape index (κ2) is 6.79. The first-order chi connectivity index (χ1) is 12.6. The second-order valence-corrected chi connectivity index (χ2v) is 6.98. The number of nitrogens with one attached hydrogen (secondary N) is 1. The first-order valence-corrected chi connectivity index (χ1v) is 9.13. The lowest BCUT2D eigenvalue weighted by molar-refractivity contribution is 0.102. The Labute approximate surface area is 153 Å². The molecule has 4 nitrogen and oxygen atoms in total. The van der Waals surface area contributed by atoms with Crippen molar-refractivity contribution in [3.8, 4) is 0 Å². The maximum absolute atomic E-state index is 12.9. The quantitative estimate of drug-likeness (QED) is 0.767. The maximum atomic E-state index is 12.9. The lowest BCUT2D eigenvalue weighted by Crippen LogP contribution is -2.14. The molecule has 2 aromatic carbocycles. The molecular formula is C22H23N3O. The number of aromatic nitrogens is 2. The van der Waals surface area contributed by atoms with E-state index in [-0.39, 0.29) is 5.91 Å². The standard InChI is InChI=1S/C22H23N3O/c1-15-21(16(2)25(24-15)14-17-7-4-3-5-8-17)22(26)23-20-12-11-18-9-6-10-19(18)13-20/h3-5,7-8,11-13H,6,9-10,14H2,1-2H3,(H,23,26). The minimum atomic E-state index is -0.0859. The van der Waals surface area contributed by atoms with Crippen LogP contribution in [0.15, 0.2) is 48.5 Å². The topological polar surface area (TPSA) is 46.9 Å². The molecule has 1 heterocycles. The van der Waals surface area contributed by atoms with Gasteiger partial charge in [0, 0.05) is 11.4 Å². The molecule has 1 aliphatic carbocycles. The third-order valence-electron chi connectivity index (χ3n) is 5.14. The third-order valence-corrected chi connectivity index (χ3v) is 5.14. The number of aryl methyl sites for hydroxylation is 3. The van der Waals surface area contributed by atoms with E-state index >= 15 is 0 Å². The number of hydrogen-bond acceptors (Lipinski definition) is 2. The van der Waals surface area contributed by atoms with E-state index in [4.69, 9.17) is 0 Å². The zero-order chi connectivity index (χ0) is 18.1. The minimum Gasteiger partial charge on any atom is -0.322 e. The van der Waals surface area contributed by atoms with Crippen molar-refractivity contribution >= 4 is 11.6 Å². The van der Waals surface area contributed by atoms with Gasteiger partial charge in [0.2, 0.25) is 0 Å². The van der Waals surface area contributed by atoms with E-state index in [1.54, 1.807) is 0 Å². The van der Waals surface area contributed by atoms with E-state index in [1.807, 2.05) is 42.8 Å². The molecule has 4 rings (SSSR count). The number of anilines is 1. The molecule has 0 radical (unpaired) electrons. The fourth-order valence-corrected chi connectivity index (χ4v) is 3.78. The molecule has 0 saturated carbocycles. The molecule has 4 heteroatoms. The molecule has 1 N–H and O–H groups in total. The Kier molecular flexibility index (Phi) is 4.33. The second-order valence-electron chi connectivity index (χ2n) is 6.98. The van der Waals surface area contributed by atoms with Crippen molar-refractivity contribution in [2.75, 3.05) is 5.32 Å². The summed E-state index contributed by atoms with van der Waals surface area (Å²) in [5.74, 6) is -0.0859. The van der Waals surface area contributed by atoms with Crippen LogP contribution in [0.3, 0.4) is 0 Å². The van der Waals surface area contributed by atoms with Gasteiger partial charge in [-0.05, 0) is 61.9 Å². The number of nitrogens with zero attached hydrogens (tertiary/aromatic N) is 2. The van der Waals surface area contributed by atoms with Crippen LogP contribution in [0.4, 0.5) is 5.69 Å². The van der Waals surface area contributed by atoms with Gasteiger partial charge in [-0.3, -0.25) is 9.48 Å². The number of hydrogen-bond donors (Lipinski definition) is 1. The van der Waals surface area contributed by atoms with E-state index < -0.39 is 0 Å². The summed E-state index contributed by atoms with van der Waals surface area (Å²) in [7, 11) is 0. The molecule has 132 valence electrons. The molecule has 0 aliphatic heterocycles. The van der Waals surface area contributed by atoms with Crippen LogP contribution in [0.25, 0.3) is 0 Å². The number of fused-ring (bicyclic) bond motifs is 1. The average molecular weight is 345 g/mol. The maximum Gasteiger partial charge on any atom is 0.259 e. The SMILES string of the molecule is Cc1nn(Cc2ccccc2)c(C)c1C(=O)Nc1ccc2c(c1)CCC2. The highest BCUT2D eigenvalue weighted by molar-refractivity contribution is 6.05. The molecular weight excluding hydrogens is 322 g/mol. The molecule has 0 bridgehead atoms. The predicted octanol–water partition coefficient (Wildman–Crippen LogP) is 4.29. The Bertz CT molecular complexity index is 957. The van der Waals surface area contributed by atoms with Crippen LogP contribution >= 0.6 is 0 Å². The van der Waals surface area contributed by atoms with Crippen molar-refractivity contribution in [2.24, 2.45) is 0 Å². The van der Waals surface area contributed by atoms with Crippen molar-refractivity contribution in [3.63, 3.8) is 0 Å². The van der Waals surface area contributed by atoms with Gasteiger partial charge in [0.25, 0.3) is 5.91 Å². The highest BCUT2D eigenvalue weighted by Gasteiger charge is 2.19. The molecule has 1 aliphatic rings. The Hall–Kier alpha value is -2.88. The van der Waals surface area contributed by atoms with Gasteiger partial charge in [0.05, 0.1) is 17.8 Å². The van der Waals surface area contributed by atoms with Gasteiger partial charge in [-0.1, -0.05) is 36.4 Å². The van der Waals surface area contributed by atoms with E-state index in [0.29, 0.717) is 12.1 Å². The lowest BCUT2D eigenvalue weighted by atomic mass is 10.1. The summed E-state index contributed by atoms with van der Waals surface area (Å²) in [4.78, 5) is 12.9. The number of benzene rings is 2. The Balaban J connectivity index is 1.56. The van der Waals surface area contributed by atoms with E-state index in [2.05, 4.69) is 34.7 Å². The van der Waals surface area contributed by atoms with Gasteiger partial charge in [-0.15, -0.1) is 0 Å². The minimum absolute atomic E-state index is 0.0859. The largest absolute Gasteiger partial charge is 0.322 e. The van der Waals surface area contributed by atoms with E-state index in [9.17, 15) is 4.79 Å². The summed E-state index contributed by atoms with van der Waals surface area (Å²) in [6.07, 6.45) is 3.46. The van der Waals surface area contributed by atoms with Gasteiger partial charge < -0.3 is 5.32 Å². The average Bonchev–Trinajstić information content (AvgIpc) is 3.20. The van der Waals surface area contributed by atoms with Crippen molar-refractivity contribution in [2.45, 2.75) is 39.7 Å². The molecule has 26 heavy (non-hydrogen) atoms. The Morgan fingerprint density at radius 2 is 1.85 bits per heavy atom. The summed E-state index contributed by atoms with van der Waals surface area (Å²) >= 11 is 0. The highest BCUT2D eigenvalue weighted by atomic mass is 16.1. The predicted molar refractivity (Wildman–Crippen MR) is 104 cm³/mol. The third kappa shape index (κ3) is 3.15. The van der Waals surface area contributed by atoms with Crippen LogP contribution < -0.4 is 5.32 Å². The van der Waals surface area contributed by atoms with Gasteiger partial charge in [-0.2, -0.15) is 5.10 Å². The van der Waals surface area contributed by atoms with Gasteiger partial charge >= 0.3 is 0 Å². The monoisotopic (exact) mass is 345 g/mol. The van der Waals surface area contributed by atoms with Crippen LogP contribution in [0, 0.1) is 13.8 Å². The first-order valence-electron chi connectivity index (χ1n) is 9.13. The number of rotatable bonds is 4. The van der Waals surface area contributed by atoms with Crippen LogP contribution in [-0.2, 0) is 19.4 Å². The molecule has 1 amide bonds. The molecule has 0 unspecified atom stereocenters. The summed E-state index contributed by atoms with van der Waals surface area (Å²) in [5, 5.41) is 7.64. The highest BCUT2D eigenvalue weighted by Crippen LogP contribution is 2.25. The van der Waals surface area contributed by atoms with Crippen molar-refractivity contribution in [1.82, 2.24) is 9.78 Å². The molecule has 1 aromatic heterocycles. The van der Waals surface area contributed by atoms with Crippen LogP contribution in [0.5, 0.6) is 0 Å². The summed E-state index contributed by atoms with van der Waals surface area (Å²) in [5.41, 5.74) is 7.12. The molecule has 0 spiro atoms. The fourth-order valence-electron chi connectivity index (χ4n) is 3.78. The lowest BCUT2D eigenvalue weighted by Gasteiger charge is -2.09. The normalized spacial score (nSPS) is 12.8. The Morgan fingerprint density at radius 3 is 2.65 bits per heavy atom. The summed E-state index contributed by atoms with van der Waals surface area (Å²) < 4.78 is 1.91. The van der Waals surface area contributed by atoms with Crippen molar-refractivity contribution in [3.05, 3.63) is 82.2 Å². The van der Waals surface area contributed by atoms with Gasteiger partial charge in [-0.25, -0.2) is 0 Å². The van der Waals surface area contributed by atoms with E-state index in [0.717, 1.165) is 29.9 Å². The van der Waals surface area contributed by atoms with Crippen LogP contribution in [-0.4, -0.2) is 15.7 Å². The van der Waals surface area contributed by atoms with Crippen LogP contribution in [0.2, 0.25) is 0 Å². The smallest absolute Gasteiger partial charge is 0.259 e. The zero-order valence-corrected chi connectivity index (χ0v) is 15.2. The van der Waals surface area contributed by atoms with Crippen molar-refractivity contribution in [1.29, 1.82) is 0 Å². The zero-order valence-electron chi connectivity index (χ0n) is 15.2. The molecule has 0 fully saturated rings. The van der Waals surface area contributed by atoms with Crippen LogP contribution in [0.1, 0.15) is 44.9 Å². The fraction of sp³-hybridized carbons (Fsp3) is 0.273. The molecule has 0 atom stereocenters. The molecule has 0 saturated heterocycles. The summed E-state index contributed by atoms with van der Waals surface area (Å²) in [6.45, 7) is 4.52. The van der Waals surface area contributed by atoms with Gasteiger partial charge in [0.1, 0.15) is 0 Å². The molecule has 3 aromatic rings. The summed E-state index contributed by atoms with van der Waals surface area (Å²) in [6, 6.07) is 16.4. The van der Waals surface area contributed by atoms with Gasteiger partial charge in [0.15, 0.2) is 0 Å². The number of carbonyl (C=O) groups is 1. The van der Waals surface area contributed by atoms with Crippen molar-refractivity contribution < 1.29 is 4.79 Å².